The number of amides is 1. The van der Waals surface area contributed by atoms with Crippen molar-refractivity contribution in [1.29, 1.82) is 0 Å². The zero-order valence-electron chi connectivity index (χ0n) is 10.2. The van der Waals surface area contributed by atoms with Gasteiger partial charge in [0.1, 0.15) is 5.54 Å². The van der Waals surface area contributed by atoms with Gasteiger partial charge in [-0.2, -0.15) is 0 Å². The molecule has 1 N–H and O–H groups in total. The smallest absolute Gasteiger partial charge is 0.408 e. The molecule has 0 bridgehead atoms. The van der Waals surface area contributed by atoms with Gasteiger partial charge in [0.25, 0.3) is 0 Å². The van der Waals surface area contributed by atoms with Crippen molar-refractivity contribution in [1.82, 2.24) is 4.90 Å². The molecule has 1 atom stereocenters. The maximum Gasteiger partial charge on any atom is 0.408 e. The van der Waals surface area contributed by atoms with Crippen molar-refractivity contribution < 1.29 is 19.4 Å². The van der Waals surface area contributed by atoms with Gasteiger partial charge in [-0.15, -0.1) is 0 Å². The summed E-state index contributed by atoms with van der Waals surface area (Å²) in [6.45, 7) is 5.99. The largest absolute Gasteiger partial charge is 0.467 e. The van der Waals surface area contributed by atoms with Gasteiger partial charge in [-0.05, 0) is 18.3 Å². The molecule has 0 saturated carbocycles. The first-order chi connectivity index (χ1) is 7.27. The zero-order chi connectivity index (χ0) is 12.6. The van der Waals surface area contributed by atoms with Gasteiger partial charge in [0.15, 0.2) is 0 Å². The summed E-state index contributed by atoms with van der Waals surface area (Å²) in [5.74, 6) is -0.458. The predicted molar refractivity (Wildman–Crippen MR) is 58.2 cm³/mol. The molecule has 5 heteroatoms. The lowest BCUT2D eigenvalue weighted by Crippen LogP contribution is -2.60. The molecule has 0 aliphatic carbocycles. The number of hydrogen-bond donors (Lipinski definition) is 1. The molecule has 0 unspecified atom stereocenters. The Hall–Kier alpha value is -1.26. The van der Waals surface area contributed by atoms with E-state index in [9.17, 15) is 14.7 Å². The van der Waals surface area contributed by atoms with Crippen LogP contribution in [0, 0.1) is 5.41 Å². The van der Waals surface area contributed by atoms with Crippen LogP contribution in [-0.2, 0) is 9.53 Å². The van der Waals surface area contributed by atoms with Gasteiger partial charge in [0, 0.05) is 6.54 Å². The Morgan fingerprint density at radius 3 is 2.31 bits per heavy atom. The van der Waals surface area contributed by atoms with Gasteiger partial charge in [-0.25, -0.2) is 9.59 Å². The summed E-state index contributed by atoms with van der Waals surface area (Å²) in [6, 6.07) is 0. The third-order valence-corrected chi connectivity index (χ3v) is 3.38. The second kappa shape index (κ2) is 3.96. The molecule has 5 nitrogen and oxygen atoms in total. The molecule has 0 aromatic carbocycles. The van der Waals surface area contributed by atoms with Crippen molar-refractivity contribution in [3.63, 3.8) is 0 Å². The number of carbonyl (C=O) groups excluding carboxylic acids is 1. The Balaban J connectivity index is 3.24. The van der Waals surface area contributed by atoms with E-state index in [1.54, 1.807) is 0 Å². The fraction of sp³-hybridized carbons (Fsp3) is 0.818. The van der Waals surface area contributed by atoms with Crippen molar-refractivity contribution >= 4 is 12.1 Å². The van der Waals surface area contributed by atoms with Crippen molar-refractivity contribution in [2.45, 2.75) is 39.2 Å². The van der Waals surface area contributed by atoms with Gasteiger partial charge >= 0.3 is 12.1 Å². The van der Waals surface area contributed by atoms with Crippen LogP contribution in [0.2, 0.25) is 0 Å². The van der Waals surface area contributed by atoms with Gasteiger partial charge in [0.05, 0.1) is 7.11 Å². The summed E-state index contributed by atoms with van der Waals surface area (Å²) < 4.78 is 4.80. The molecule has 0 aromatic rings. The van der Waals surface area contributed by atoms with E-state index in [0.29, 0.717) is 19.4 Å². The average Bonchev–Trinajstić information content (AvgIpc) is 2.60. The SMILES string of the molecule is COC(=O)[C@]1(C(C)(C)C)CCCN1C(=O)O. The third-order valence-electron chi connectivity index (χ3n) is 3.38. The van der Waals surface area contributed by atoms with E-state index in [4.69, 9.17) is 4.74 Å². The lowest BCUT2D eigenvalue weighted by molar-refractivity contribution is -0.159. The molecule has 1 rings (SSSR count). The van der Waals surface area contributed by atoms with Crippen molar-refractivity contribution in [3.8, 4) is 0 Å². The summed E-state index contributed by atoms with van der Waals surface area (Å²) in [4.78, 5) is 24.4. The van der Waals surface area contributed by atoms with E-state index in [-0.39, 0.29) is 0 Å². The van der Waals surface area contributed by atoms with E-state index >= 15 is 0 Å². The zero-order valence-corrected chi connectivity index (χ0v) is 10.2. The van der Waals surface area contributed by atoms with Crippen LogP contribution in [0.3, 0.4) is 0 Å². The Morgan fingerprint density at radius 2 is 1.94 bits per heavy atom. The van der Waals surface area contributed by atoms with Crippen LogP contribution in [0.1, 0.15) is 33.6 Å². The number of ether oxygens (including phenoxy) is 1. The van der Waals surface area contributed by atoms with Crippen molar-refractivity contribution in [2.75, 3.05) is 13.7 Å². The highest BCUT2D eigenvalue weighted by Crippen LogP contribution is 2.44. The number of carbonyl (C=O) groups is 2. The van der Waals surface area contributed by atoms with E-state index in [1.165, 1.54) is 12.0 Å². The normalized spacial score (nSPS) is 25.6. The number of hydrogen-bond acceptors (Lipinski definition) is 3. The first-order valence-electron chi connectivity index (χ1n) is 5.36. The molecule has 1 amide bonds. The molecule has 1 aliphatic heterocycles. The molecule has 0 radical (unpaired) electrons. The Bertz CT molecular complexity index is 308. The highest BCUT2D eigenvalue weighted by molar-refractivity contribution is 5.87. The summed E-state index contributed by atoms with van der Waals surface area (Å²) in [7, 11) is 1.30. The minimum absolute atomic E-state index is 0.391. The first-order valence-corrected chi connectivity index (χ1v) is 5.36. The average molecular weight is 229 g/mol. The van der Waals surface area contributed by atoms with Gasteiger partial charge in [-0.3, -0.25) is 4.90 Å². The number of esters is 1. The highest BCUT2D eigenvalue weighted by Gasteiger charge is 2.58. The second-order valence-electron chi connectivity index (χ2n) is 5.14. The van der Waals surface area contributed by atoms with E-state index < -0.39 is 23.0 Å². The molecule has 0 spiro atoms. The number of carboxylic acid groups (broad SMARTS) is 1. The van der Waals surface area contributed by atoms with Crippen LogP contribution in [0.4, 0.5) is 4.79 Å². The minimum atomic E-state index is -1.06. The quantitative estimate of drug-likeness (QED) is 0.695. The van der Waals surface area contributed by atoms with Crippen LogP contribution in [-0.4, -0.2) is 41.3 Å². The molecule has 16 heavy (non-hydrogen) atoms. The van der Waals surface area contributed by atoms with Gasteiger partial charge < -0.3 is 9.84 Å². The summed E-state index contributed by atoms with van der Waals surface area (Å²) >= 11 is 0. The van der Waals surface area contributed by atoms with Gasteiger partial charge in [0.2, 0.25) is 0 Å². The molecule has 1 aliphatic rings. The minimum Gasteiger partial charge on any atom is -0.467 e. The number of methoxy groups -OCH3 is 1. The fourth-order valence-electron chi connectivity index (χ4n) is 2.54. The van der Waals surface area contributed by atoms with E-state index in [2.05, 4.69) is 0 Å². The van der Waals surface area contributed by atoms with Crippen LogP contribution in [0.25, 0.3) is 0 Å². The third kappa shape index (κ3) is 1.64. The maximum absolute atomic E-state index is 12.0. The lowest BCUT2D eigenvalue weighted by atomic mass is 9.72. The fourth-order valence-corrected chi connectivity index (χ4v) is 2.54. The molecular weight excluding hydrogens is 210 g/mol. The predicted octanol–water partition coefficient (Wildman–Crippen LogP) is 1.72. The molecule has 0 aromatic heterocycles. The number of nitrogens with zero attached hydrogens (tertiary/aromatic N) is 1. The van der Waals surface area contributed by atoms with Crippen LogP contribution >= 0.6 is 0 Å². The molecular formula is C11H19NO4. The highest BCUT2D eigenvalue weighted by atomic mass is 16.5. The van der Waals surface area contributed by atoms with Crippen LogP contribution < -0.4 is 0 Å². The Kier molecular flexibility index (Phi) is 3.17. The van der Waals surface area contributed by atoms with E-state index in [1.807, 2.05) is 20.8 Å². The topological polar surface area (TPSA) is 66.8 Å². The van der Waals surface area contributed by atoms with Crippen LogP contribution in [0.15, 0.2) is 0 Å². The first kappa shape index (κ1) is 12.8. The lowest BCUT2D eigenvalue weighted by Gasteiger charge is -2.44. The maximum atomic E-state index is 12.0. The van der Waals surface area contributed by atoms with E-state index in [0.717, 1.165) is 0 Å². The number of rotatable bonds is 1. The van der Waals surface area contributed by atoms with Crippen molar-refractivity contribution in [3.05, 3.63) is 0 Å². The monoisotopic (exact) mass is 229 g/mol. The Labute approximate surface area is 95.4 Å². The number of likely N-dealkylation sites (tertiary alicyclic amines) is 1. The molecule has 92 valence electrons. The summed E-state index contributed by atoms with van der Waals surface area (Å²) in [5.41, 5.74) is -1.53. The standard InChI is InChI=1S/C11H19NO4/c1-10(2,3)11(8(13)16-4)6-5-7-12(11)9(14)15/h5-7H2,1-4H3,(H,14,15)/t11-/m0/s1. The van der Waals surface area contributed by atoms with Crippen molar-refractivity contribution in [2.24, 2.45) is 5.41 Å². The summed E-state index contributed by atoms with van der Waals surface area (Å²) in [5, 5.41) is 9.17. The molecule has 1 saturated heterocycles. The van der Waals surface area contributed by atoms with Gasteiger partial charge in [-0.1, -0.05) is 20.8 Å². The molecule has 1 fully saturated rings. The molecule has 1 heterocycles. The summed E-state index contributed by atoms with van der Waals surface area (Å²) in [6.07, 6.45) is 0.159. The Morgan fingerprint density at radius 1 is 1.38 bits per heavy atom. The second-order valence-corrected chi connectivity index (χ2v) is 5.14. The van der Waals surface area contributed by atoms with Crippen LogP contribution in [0.5, 0.6) is 0 Å².